The Balaban J connectivity index is 2.13. The summed E-state index contributed by atoms with van der Waals surface area (Å²) in [5.74, 6) is -0.548. The summed E-state index contributed by atoms with van der Waals surface area (Å²) in [5.41, 5.74) is 1.32. The van der Waals surface area contributed by atoms with Gasteiger partial charge in [0, 0.05) is 29.7 Å². The molecule has 5 nitrogen and oxygen atoms in total. The standard InChI is InChI=1S/C12H9FN4O/c13-10-6-14-2-1-8(10)12(18)9-5-16-17-4-3-15-7-11(9)17/h1-7,12,18H. The molecule has 0 bridgehead atoms. The van der Waals surface area contributed by atoms with Crippen molar-refractivity contribution >= 4 is 5.52 Å². The van der Waals surface area contributed by atoms with Gasteiger partial charge in [0.25, 0.3) is 0 Å². The van der Waals surface area contributed by atoms with Crippen molar-refractivity contribution in [1.82, 2.24) is 19.6 Å². The third-order valence-electron chi connectivity index (χ3n) is 2.75. The number of hydrogen-bond acceptors (Lipinski definition) is 4. The van der Waals surface area contributed by atoms with E-state index in [0.717, 1.165) is 6.20 Å². The number of aliphatic hydroxyl groups is 1. The van der Waals surface area contributed by atoms with E-state index in [0.29, 0.717) is 11.1 Å². The van der Waals surface area contributed by atoms with Gasteiger partial charge in [0.05, 0.1) is 24.1 Å². The molecule has 0 aromatic carbocycles. The van der Waals surface area contributed by atoms with Crippen LogP contribution in [0.15, 0.2) is 43.2 Å². The lowest BCUT2D eigenvalue weighted by Crippen LogP contribution is -2.02. The molecule has 0 aliphatic rings. The number of aromatic nitrogens is 4. The monoisotopic (exact) mass is 244 g/mol. The molecular formula is C12H9FN4O. The summed E-state index contributed by atoms with van der Waals surface area (Å²) in [6, 6.07) is 1.44. The van der Waals surface area contributed by atoms with Gasteiger partial charge in [0.1, 0.15) is 11.9 Å². The van der Waals surface area contributed by atoms with Crippen molar-refractivity contribution in [2.75, 3.05) is 0 Å². The molecule has 3 aromatic rings. The second-order valence-corrected chi connectivity index (χ2v) is 3.81. The number of hydrogen-bond donors (Lipinski definition) is 1. The number of fused-ring (bicyclic) bond motifs is 1. The zero-order valence-corrected chi connectivity index (χ0v) is 9.23. The molecule has 18 heavy (non-hydrogen) atoms. The van der Waals surface area contributed by atoms with Crippen molar-refractivity contribution in [2.24, 2.45) is 0 Å². The van der Waals surface area contributed by atoms with Gasteiger partial charge in [0.15, 0.2) is 0 Å². The highest BCUT2D eigenvalue weighted by atomic mass is 19.1. The topological polar surface area (TPSA) is 63.3 Å². The van der Waals surface area contributed by atoms with E-state index in [-0.39, 0.29) is 5.56 Å². The highest BCUT2D eigenvalue weighted by molar-refractivity contribution is 5.54. The lowest BCUT2D eigenvalue weighted by Gasteiger charge is -2.09. The van der Waals surface area contributed by atoms with E-state index in [1.54, 1.807) is 23.1 Å². The van der Waals surface area contributed by atoms with Crippen LogP contribution in [-0.4, -0.2) is 24.7 Å². The summed E-state index contributed by atoms with van der Waals surface area (Å²) < 4.78 is 15.1. The highest BCUT2D eigenvalue weighted by Gasteiger charge is 2.18. The summed E-state index contributed by atoms with van der Waals surface area (Å²) in [7, 11) is 0. The Morgan fingerprint density at radius 1 is 1.11 bits per heavy atom. The van der Waals surface area contributed by atoms with Gasteiger partial charge in [-0.1, -0.05) is 0 Å². The third-order valence-corrected chi connectivity index (χ3v) is 2.75. The molecule has 0 fully saturated rings. The molecule has 6 heteroatoms. The maximum absolute atomic E-state index is 13.6. The zero-order valence-electron chi connectivity index (χ0n) is 9.23. The second-order valence-electron chi connectivity index (χ2n) is 3.81. The van der Waals surface area contributed by atoms with E-state index in [9.17, 15) is 9.50 Å². The Bertz CT molecular complexity index is 697. The molecule has 0 saturated carbocycles. The van der Waals surface area contributed by atoms with Gasteiger partial charge in [0.2, 0.25) is 0 Å². The van der Waals surface area contributed by atoms with Crippen LogP contribution in [-0.2, 0) is 0 Å². The fourth-order valence-corrected chi connectivity index (χ4v) is 1.84. The first-order valence-electron chi connectivity index (χ1n) is 5.32. The minimum Gasteiger partial charge on any atom is -0.383 e. The van der Waals surface area contributed by atoms with Crippen molar-refractivity contribution in [2.45, 2.75) is 6.10 Å². The van der Waals surface area contributed by atoms with E-state index >= 15 is 0 Å². The Kier molecular flexibility index (Phi) is 2.49. The maximum atomic E-state index is 13.6. The molecule has 3 aromatic heterocycles. The Labute approximate surface area is 102 Å². The van der Waals surface area contributed by atoms with Crippen LogP contribution in [0.5, 0.6) is 0 Å². The number of nitrogens with zero attached hydrogens (tertiary/aromatic N) is 4. The average molecular weight is 244 g/mol. The first kappa shape index (κ1) is 10.8. The van der Waals surface area contributed by atoms with Crippen molar-refractivity contribution in [3.05, 3.63) is 60.2 Å². The quantitative estimate of drug-likeness (QED) is 0.739. The lowest BCUT2D eigenvalue weighted by molar-refractivity contribution is 0.216. The van der Waals surface area contributed by atoms with Crippen LogP contribution >= 0.6 is 0 Å². The molecular weight excluding hydrogens is 235 g/mol. The van der Waals surface area contributed by atoms with Crippen LogP contribution in [0.3, 0.4) is 0 Å². The molecule has 1 N–H and O–H groups in total. The summed E-state index contributed by atoms with van der Waals surface area (Å²) in [4.78, 5) is 7.62. The van der Waals surface area contributed by atoms with Crippen LogP contribution in [0.4, 0.5) is 4.39 Å². The molecule has 0 saturated heterocycles. The highest BCUT2D eigenvalue weighted by Crippen LogP contribution is 2.26. The fourth-order valence-electron chi connectivity index (χ4n) is 1.84. The van der Waals surface area contributed by atoms with Crippen molar-refractivity contribution in [3.8, 4) is 0 Å². The molecule has 3 heterocycles. The molecule has 0 aliphatic heterocycles. The molecule has 0 spiro atoms. The Hall–Kier alpha value is -2.34. The lowest BCUT2D eigenvalue weighted by atomic mass is 10.0. The molecule has 1 atom stereocenters. The Morgan fingerprint density at radius 2 is 1.94 bits per heavy atom. The van der Waals surface area contributed by atoms with E-state index in [1.807, 2.05) is 0 Å². The predicted octanol–water partition coefficient (Wildman–Crippen LogP) is 1.35. The fraction of sp³-hybridized carbons (Fsp3) is 0.0833. The van der Waals surface area contributed by atoms with Gasteiger partial charge in [-0.25, -0.2) is 8.91 Å². The predicted molar refractivity (Wildman–Crippen MR) is 61.2 cm³/mol. The number of aliphatic hydroxyl groups excluding tert-OH is 1. The van der Waals surface area contributed by atoms with E-state index in [1.165, 1.54) is 18.5 Å². The number of rotatable bonds is 2. The third kappa shape index (κ3) is 1.63. The van der Waals surface area contributed by atoms with E-state index in [2.05, 4.69) is 15.1 Å². The molecule has 90 valence electrons. The Morgan fingerprint density at radius 3 is 2.78 bits per heavy atom. The first-order valence-corrected chi connectivity index (χ1v) is 5.32. The molecule has 3 rings (SSSR count). The van der Waals surface area contributed by atoms with Crippen LogP contribution in [0, 0.1) is 5.82 Å². The maximum Gasteiger partial charge on any atom is 0.147 e. The summed E-state index contributed by atoms with van der Waals surface area (Å²) in [5, 5.41) is 14.3. The molecule has 1 unspecified atom stereocenters. The normalized spacial score (nSPS) is 12.8. The summed E-state index contributed by atoms with van der Waals surface area (Å²) in [6.07, 6.45) is 7.74. The summed E-state index contributed by atoms with van der Waals surface area (Å²) in [6.45, 7) is 0. The van der Waals surface area contributed by atoms with Gasteiger partial charge < -0.3 is 5.11 Å². The number of pyridine rings is 1. The van der Waals surface area contributed by atoms with Gasteiger partial charge in [-0.2, -0.15) is 5.10 Å². The number of halogens is 1. The smallest absolute Gasteiger partial charge is 0.147 e. The average Bonchev–Trinajstić information content (AvgIpc) is 2.82. The largest absolute Gasteiger partial charge is 0.383 e. The summed E-state index contributed by atoms with van der Waals surface area (Å²) >= 11 is 0. The van der Waals surface area contributed by atoms with Gasteiger partial charge >= 0.3 is 0 Å². The first-order chi connectivity index (χ1) is 8.77. The second kappa shape index (κ2) is 4.15. The van der Waals surface area contributed by atoms with Gasteiger partial charge in [-0.05, 0) is 6.07 Å². The van der Waals surface area contributed by atoms with Crippen molar-refractivity contribution < 1.29 is 9.50 Å². The van der Waals surface area contributed by atoms with Gasteiger partial charge in [-0.15, -0.1) is 0 Å². The van der Waals surface area contributed by atoms with Gasteiger partial charge in [-0.3, -0.25) is 9.97 Å². The van der Waals surface area contributed by atoms with Crippen molar-refractivity contribution in [1.29, 1.82) is 0 Å². The molecule has 0 amide bonds. The minimum absolute atomic E-state index is 0.170. The van der Waals surface area contributed by atoms with Crippen LogP contribution in [0.1, 0.15) is 17.2 Å². The molecule has 0 radical (unpaired) electrons. The van der Waals surface area contributed by atoms with Crippen LogP contribution < -0.4 is 0 Å². The zero-order chi connectivity index (χ0) is 12.5. The minimum atomic E-state index is -1.09. The van der Waals surface area contributed by atoms with Crippen LogP contribution in [0.2, 0.25) is 0 Å². The van der Waals surface area contributed by atoms with E-state index < -0.39 is 11.9 Å². The van der Waals surface area contributed by atoms with E-state index in [4.69, 9.17) is 0 Å². The van der Waals surface area contributed by atoms with Crippen molar-refractivity contribution in [3.63, 3.8) is 0 Å². The molecule has 0 aliphatic carbocycles. The van der Waals surface area contributed by atoms with Crippen LogP contribution in [0.25, 0.3) is 5.52 Å². The SMILES string of the molecule is OC(c1ccncc1F)c1cnn2ccncc12.